The number of methoxy groups -OCH3 is 2. The van der Waals surface area contributed by atoms with Gasteiger partial charge in [0.05, 0.1) is 35.4 Å². The van der Waals surface area contributed by atoms with Crippen LogP contribution in [-0.2, 0) is 14.8 Å². The smallest absolute Gasteiger partial charge is 0.269 e. The van der Waals surface area contributed by atoms with E-state index in [-0.39, 0.29) is 22.0 Å². The summed E-state index contributed by atoms with van der Waals surface area (Å²) in [6.45, 7) is 2.86. The second-order valence-corrected chi connectivity index (χ2v) is 9.76. The fourth-order valence-corrected chi connectivity index (χ4v) is 4.75. The summed E-state index contributed by atoms with van der Waals surface area (Å²) in [5, 5.41) is 14.9. The van der Waals surface area contributed by atoms with Gasteiger partial charge < -0.3 is 9.47 Å². The first-order chi connectivity index (χ1) is 17.6. The van der Waals surface area contributed by atoms with Crippen LogP contribution in [0.5, 0.6) is 11.5 Å². The van der Waals surface area contributed by atoms with Crippen molar-refractivity contribution >= 4 is 33.0 Å². The number of hydrogen-bond donors (Lipinski definition) is 1. The van der Waals surface area contributed by atoms with E-state index in [2.05, 4.69) is 10.5 Å². The van der Waals surface area contributed by atoms with E-state index >= 15 is 0 Å². The first-order valence-corrected chi connectivity index (χ1v) is 12.4. The third kappa shape index (κ3) is 6.41. The Kier molecular flexibility index (Phi) is 8.45. The van der Waals surface area contributed by atoms with Crippen LogP contribution in [0.2, 0.25) is 0 Å². The summed E-state index contributed by atoms with van der Waals surface area (Å²) in [5.74, 6) is -0.0185. The molecule has 194 valence electrons. The summed E-state index contributed by atoms with van der Waals surface area (Å²) in [7, 11) is -1.28. The number of carbonyl (C=O) groups is 1. The number of nitro benzene ring substituents is 1. The Labute approximate surface area is 214 Å². The largest absolute Gasteiger partial charge is 0.493 e. The van der Waals surface area contributed by atoms with Gasteiger partial charge in [-0.25, -0.2) is 13.8 Å². The lowest BCUT2D eigenvalue weighted by atomic mass is 10.1. The predicted octanol–water partition coefficient (Wildman–Crippen LogP) is 3.66. The van der Waals surface area contributed by atoms with Crippen molar-refractivity contribution in [2.75, 3.05) is 25.1 Å². The van der Waals surface area contributed by atoms with E-state index in [1.807, 2.05) is 6.92 Å². The van der Waals surface area contributed by atoms with Crippen LogP contribution in [0.1, 0.15) is 18.1 Å². The lowest BCUT2D eigenvalue weighted by molar-refractivity contribution is -0.384. The Morgan fingerprint density at radius 3 is 2.19 bits per heavy atom. The minimum Gasteiger partial charge on any atom is -0.493 e. The van der Waals surface area contributed by atoms with Gasteiger partial charge in [-0.05, 0) is 55.8 Å². The highest BCUT2D eigenvalue weighted by atomic mass is 32.2. The third-order valence-corrected chi connectivity index (χ3v) is 7.18. The van der Waals surface area contributed by atoms with Gasteiger partial charge in [-0.15, -0.1) is 0 Å². The molecular formula is C25H26N4O7S. The van der Waals surface area contributed by atoms with Crippen molar-refractivity contribution in [1.82, 2.24) is 5.43 Å². The van der Waals surface area contributed by atoms with Crippen LogP contribution in [0.15, 0.2) is 76.7 Å². The minimum atomic E-state index is -4.15. The molecule has 1 N–H and O–H groups in total. The quantitative estimate of drug-likeness (QED) is 0.241. The Morgan fingerprint density at radius 2 is 1.62 bits per heavy atom. The van der Waals surface area contributed by atoms with Crippen molar-refractivity contribution in [3.8, 4) is 11.5 Å². The number of nitrogens with zero attached hydrogens (tertiary/aromatic N) is 3. The molecule has 11 nitrogen and oxygen atoms in total. The highest BCUT2D eigenvalue weighted by molar-refractivity contribution is 7.92. The molecule has 0 heterocycles. The van der Waals surface area contributed by atoms with Gasteiger partial charge in [0.15, 0.2) is 11.5 Å². The summed E-state index contributed by atoms with van der Waals surface area (Å²) in [4.78, 5) is 23.2. The minimum absolute atomic E-state index is 0.00578. The van der Waals surface area contributed by atoms with Gasteiger partial charge in [-0.1, -0.05) is 17.7 Å². The number of nitrogens with one attached hydrogen (secondary N) is 1. The number of hydrogen-bond acceptors (Lipinski definition) is 8. The monoisotopic (exact) mass is 526 g/mol. The molecule has 0 saturated carbocycles. The number of hydrazone groups is 1. The number of rotatable bonds is 10. The van der Waals surface area contributed by atoms with Crippen LogP contribution in [-0.4, -0.2) is 45.7 Å². The molecule has 0 saturated heterocycles. The van der Waals surface area contributed by atoms with Crippen molar-refractivity contribution in [2.45, 2.75) is 18.7 Å². The van der Waals surface area contributed by atoms with Gasteiger partial charge in [0.1, 0.15) is 6.54 Å². The number of aryl methyl sites for hydroxylation is 1. The maximum Gasteiger partial charge on any atom is 0.269 e. The van der Waals surface area contributed by atoms with Crippen LogP contribution >= 0.6 is 0 Å². The maximum atomic E-state index is 13.6. The normalized spacial score (nSPS) is 11.5. The second kappa shape index (κ2) is 11.5. The fourth-order valence-electron chi connectivity index (χ4n) is 3.33. The summed E-state index contributed by atoms with van der Waals surface area (Å²) < 4.78 is 38.6. The molecule has 0 aliphatic heterocycles. The van der Waals surface area contributed by atoms with Gasteiger partial charge in [0.2, 0.25) is 0 Å². The summed E-state index contributed by atoms with van der Waals surface area (Å²) >= 11 is 0. The molecule has 1 amide bonds. The lowest BCUT2D eigenvalue weighted by Gasteiger charge is -2.24. The molecule has 3 aromatic rings. The third-order valence-electron chi connectivity index (χ3n) is 5.40. The Bertz CT molecular complexity index is 1420. The summed E-state index contributed by atoms with van der Waals surface area (Å²) in [6, 6.07) is 16.4. The standard InChI is InChI=1S/C25H26N4O7S/c1-17-5-12-22(13-6-17)37(33,34)28(21-11-14-23(35-3)24(15-21)36-4)16-25(30)27-26-18(2)19-7-9-20(10-8-19)29(31)32/h5-15H,16H2,1-4H3,(H,27,30)/b26-18-. The van der Waals surface area contributed by atoms with Gasteiger partial charge in [0.25, 0.3) is 21.6 Å². The SMILES string of the molecule is COc1ccc(N(CC(=O)N/N=C(/C)c2ccc([N+](=O)[O-])cc2)S(=O)(=O)c2ccc(C)cc2)cc1OC. The maximum absolute atomic E-state index is 13.6. The van der Waals surface area contributed by atoms with Crippen LogP contribution in [0, 0.1) is 17.0 Å². The Balaban J connectivity index is 1.91. The predicted molar refractivity (Wildman–Crippen MR) is 139 cm³/mol. The van der Waals surface area contributed by atoms with Crippen molar-refractivity contribution in [3.05, 3.63) is 88.0 Å². The number of carbonyl (C=O) groups excluding carboxylic acids is 1. The number of non-ortho nitro benzene ring substituents is 1. The highest BCUT2D eigenvalue weighted by Gasteiger charge is 2.28. The first-order valence-electron chi connectivity index (χ1n) is 11.0. The van der Waals surface area contributed by atoms with Crippen LogP contribution < -0.4 is 19.2 Å². The van der Waals surface area contributed by atoms with Gasteiger partial charge >= 0.3 is 0 Å². The topological polar surface area (TPSA) is 140 Å². The summed E-state index contributed by atoms with van der Waals surface area (Å²) in [6.07, 6.45) is 0. The molecule has 0 aliphatic carbocycles. The second-order valence-electron chi connectivity index (χ2n) is 7.90. The van der Waals surface area contributed by atoms with E-state index in [0.717, 1.165) is 9.87 Å². The van der Waals surface area contributed by atoms with Crippen molar-refractivity contribution in [1.29, 1.82) is 0 Å². The molecule has 0 fully saturated rings. The molecule has 0 aromatic heterocycles. The van der Waals surface area contributed by atoms with Crippen LogP contribution in [0.4, 0.5) is 11.4 Å². The average Bonchev–Trinajstić information content (AvgIpc) is 2.90. The van der Waals surface area contributed by atoms with Gasteiger partial charge in [-0.3, -0.25) is 19.2 Å². The molecule has 3 aromatic carbocycles. The van der Waals surface area contributed by atoms with Crippen molar-refractivity contribution in [2.24, 2.45) is 5.10 Å². The van der Waals surface area contributed by atoms with Gasteiger partial charge in [-0.2, -0.15) is 5.10 Å². The average molecular weight is 527 g/mol. The molecule has 0 spiro atoms. The lowest BCUT2D eigenvalue weighted by Crippen LogP contribution is -2.39. The van der Waals surface area contributed by atoms with E-state index in [9.17, 15) is 23.3 Å². The number of anilines is 1. The molecule has 3 rings (SSSR count). The number of sulfonamides is 1. The molecular weight excluding hydrogens is 500 g/mol. The zero-order chi connectivity index (χ0) is 27.2. The zero-order valence-electron chi connectivity index (χ0n) is 20.7. The molecule has 12 heteroatoms. The number of amides is 1. The Morgan fingerprint density at radius 1 is 1.00 bits per heavy atom. The molecule has 0 radical (unpaired) electrons. The van der Waals surface area contributed by atoms with E-state index in [1.54, 1.807) is 25.1 Å². The summed E-state index contributed by atoms with van der Waals surface area (Å²) in [5.41, 5.74) is 4.27. The number of nitro groups is 1. The Hall–Kier alpha value is -4.45. The molecule has 0 unspecified atom stereocenters. The number of ether oxygens (including phenoxy) is 2. The molecule has 0 bridgehead atoms. The van der Waals surface area contributed by atoms with Gasteiger partial charge in [0, 0.05) is 18.2 Å². The van der Waals surface area contributed by atoms with Crippen molar-refractivity contribution < 1.29 is 27.6 Å². The van der Waals surface area contributed by atoms with Crippen LogP contribution in [0.25, 0.3) is 0 Å². The molecule has 0 atom stereocenters. The molecule has 0 aliphatic rings. The van der Waals surface area contributed by atoms with E-state index in [0.29, 0.717) is 17.0 Å². The van der Waals surface area contributed by atoms with Crippen molar-refractivity contribution in [3.63, 3.8) is 0 Å². The van der Waals surface area contributed by atoms with E-state index in [4.69, 9.17) is 9.47 Å². The number of benzene rings is 3. The molecule has 37 heavy (non-hydrogen) atoms. The highest BCUT2D eigenvalue weighted by Crippen LogP contribution is 2.33. The van der Waals surface area contributed by atoms with E-state index in [1.165, 1.54) is 62.8 Å². The van der Waals surface area contributed by atoms with Crippen LogP contribution in [0.3, 0.4) is 0 Å². The first kappa shape index (κ1) is 27.1. The fraction of sp³-hybridized carbons (Fsp3) is 0.200. The zero-order valence-corrected chi connectivity index (χ0v) is 21.5. The van der Waals surface area contributed by atoms with E-state index < -0.39 is 27.4 Å².